The Hall–Kier alpha value is -1.50. The molecular formula is C16H23FN2O3. The van der Waals surface area contributed by atoms with Crippen LogP contribution < -0.4 is 5.32 Å². The lowest BCUT2D eigenvalue weighted by molar-refractivity contribution is -0.119. The average molecular weight is 310 g/mol. The summed E-state index contributed by atoms with van der Waals surface area (Å²) in [5.41, 5.74) is 1.14. The molecule has 1 N–H and O–H groups in total. The standard InChI is InChI=1S/C16H23FN2O3/c1-12-3-4-14(17)15(9-12)18-16(20)11-19-6-8-22-13(10-19)5-7-21-2/h3-4,9,13H,5-8,10-11H2,1-2H3,(H,18,20)/t13-/m0/s1. The van der Waals surface area contributed by atoms with Gasteiger partial charge in [-0.2, -0.15) is 0 Å². The van der Waals surface area contributed by atoms with E-state index in [1.165, 1.54) is 6.07 Å². The zero-order chi connectivity index (χ0) is 15.9. The number of amides is 1. The number of carbonyl (C=O) groups is 1. The number of hydrogen-bond acceptors (Lipinski definition) is 4. The first-order valence-electron chi connectivity index (χ1n) is 7.47. The Labute approximate surface area is 130 Å². The number of anilines is 1. The lowest BCUT2D eigenvalue weighted by Crippen LogP contribution is -2.46. The number of ether oxygens (including phenoxy) is 2. The number of halogens is 1. The summed E-state index contributed by atoms with van der Waals surface area (Å²) in [5, 5.41) is 2.64. The predicted molar refractivity (Wildman–Crippen MR) is 82.4 cm³/mol. The Morgan fingerprint density at radius 3 is 3.14 bits per heavy atom. The number of benzene rings is 1. The molecule has 0 aliphatic carbocycles. The fraction of sp³-hybridized carbons (Fsp3) is 0.562. The van der Waals surface area contributed by atoms with E-state index in [1.807, 2.05) is 11.8 Å². The van der Waals surface area contributed by atoms with E-state index in [2.05, 4.69) is 5.32 Å². The highest BCUT2D eigenvalue weighted by Crippen LogP contribution is 2.16. The summed E-state index contributed by atoms with van der Waals surface area (Å²) in [6.45, 7) is 4.72. The molecule has 22 heavy (non-hydrogen) atoms. The van der Waals surface area contributed by atoms with E-state index in [4.69, 9.17) is 9.47 Å². The molecule has 1 amide bonds. The molecule has 0 spiro atoms. The number of nitrogens with one attached hydrogen (secondary N) is 1. The highest BCUT2D eigenvalue weighted by molar-refractivity contribution is 5.92. The SMILES string of the molecule is COCC[C@H]1CN(CC(=O)Nc2cc(C)ccc2F)CCO1. The van der Waals surface area contributed by atoms with E-state index in [1.54, 1.807) is 19.2 Å². The predicted octanol–water partition coefficient (Wildman–Crippen LogP) is 1.81. The minimum absolute atomic E-state index is 0.0807. The zero-order valence-corrected chi connectivity index (χ0v) is 13.1. The molecule has 1 heterocycles. The van der Waals surface area contributed by atoms with E-state index in [9.17, 15) is 9.18 Å². The fourth-order valence-electron chi connectivity index (χ4n) is 2.48. The molecule has 1 aliphatic heterocycles. The van der Waals surface area contributed by atoms with E-state index >= 15 is 0 Å². The molecule has 6 heteroatoms. The summed E-state index contributed by atoms with van der Waals surface area (Å²) < 4.78 is 24.3. The van der Waals surface area contributed by atoms with Crippen molar-refractivity contribution in [3.05, 3.63) is 29.6 Å². The number of rotatable bonds is 6. The zero-order valence-electron chi connectivity index (χ0n) is 13.1. The number of nitrogens with zero attached hydrogens (tertiary/aromatic N) is 1. The Kier molecular flexibility index (Phi) is 6.30. The van der Waals surface area contributed by atoms with Crippen LogP contribution in [0.1, 0.15) is 12.0 Å². The van der Waals surface area contributed by atoms with Crippen molar-refractivity contribution in [2.45, 2.75) is 19.4 Å². The monoisotopic (exact) mass is 310 g/mol. The van der Waals surface area contributed by atoms with Crippen molar-refractivity contribution in [2.24, 2.45) is 0 Å². The number of aryl methyl sites for hydroxylation is 1. The fourth-order valence-corrected chi connectivity index (χ4v) is 2.48. The molecule has 1 aromatic carbocycles. The average Bonchev–Trinajstić information content (AvgIpc) is 2.49. The van der Waals surface area contributed by atoms with Crippen LogP contribution in [0.15, 0.2) is 18.2 Å². The first-order valence-corrected chi connectivity index (χ1v) is 7.47. The van der Waals surface area contributed by atoms with Gasteiger partial charge >= 0.3 is 0 Å². The Morgan fingerprint density at radius 2 is 2.36 bits per heavy atom. The molecule has 5 nitrogen and oxygen atoms in total. The summed E-state index contributed by atoms with van der Waals surface area (Å²) in [4.78, 5) is 14.1. The van der Waals surface area contributed by atoms with Gasteiger partial charge in [0.2, 0.25) is 5.91 Å². The summed E-state index contributed by atoms with van der Waals surface area (Å²) in [6, 6.07) is 4.67. The molecule has 122 valence electrons. The van der Waals surface area contributed by atoms with E-state index < -0.39 is 5.82 Å². The van der Waals surface area contributed by atoms with Gasteiger partial charge in [-0.25, -0.2) is 4.39 Å². The number of methoxy groups -OCH3 is 1. The highest BCUT2D eigenvalue weighted by atomic mass is 19.1. The van der Waals surface area contributed by atoms with Crippen LogP contribution in [0.5, 0.6) is 0 Å². The second-order valence-corrected chi connectivity index (χ2v) is 5.54. The van der Waals surface area contributed by atoms with Crippen molar-refractivity contribution in [3.8, 4) is 0 Å². The van der Waals surface area contributed by atoms with Gasteiger partial charge in [-0.3, -0.25) is 9.69 Å². The Morgan fingerprint density at radius 1 is 1.55 bits per heavy atom. The summed E-state index contributed by atoms with van der Waals surface area (Å²) in [6.07, 6.45) is 0.887. The van der Waals surface area contributed by atoms with Crippen molar-refractivity contribution >= 4 is 11.6 Å². The molecule has 0 bridgehead atoms. The van der Waals surface area contributed by atoms with Crippen LogP contribution in [-0.4, -0.2) is 56.9 Å². The summed E-state index contributed by atoms with van der Waals surface area (Å²) >= 11 is 0. The molecule has 2 rings (SSSR count). The molecule has 1 saturated heterocycles. The van der Waals surface area contributed by atoms with Crippen molar-refractivity contribution in [1.29, 1.82) is 0 Å². The first-order chi connectivity index (χ1) is 10.6. The first kappa shape index (κ1) is 16.9. The normalized spacial score (nSPS) is 19.1. The van der Waals surface area contributed by atoms with Gasteiger partial charge in [-0.15, -0.1) is 0 Å². The molecule has 1 aromatic rings. The van der Waals surface area contributed by atoms with Crippen molar-refractivity contribution in [2.75, 3.05) is 45.3 Å². The van der Waals surface area contributed by atoms with Crippen molar-refractivity contribution in [3.63, 3.8) is 0 Å². The maximum atomic E-state index is 13.6. The maximum Gasteiger partial charge on any atom is 0.238 e. The highest BCUT2D eigenvalue weighted by Gasteiger charge is 2.22. The Balaban J connectivity index is 1.84. The Bertz CT molecular complexity index is 510. The maximum absolute atomic E-state index is 13.6. The lowest BCUT2D eigenvalue weighted by atomic mass is 10.2. The largest absolute Gasteiger partial charge is 0.385 e. The topological polar surface area (TPSA) is 50.8 Å². The molecule has 1 atom stereocenters. The van der Waals surface area contributed by atoms with Crippen LogP contribution in [0.2, 0.25) is 0 Å². The third-order valence-corrected chi connectivity index (χ3v) is 3.63. The second-order valence-electron chi connectivity index (χ2n) is 5.54. The molecule has 0 saturated carbocycles. The van der Waals surface area contributed by atoms with Crippen LogP contribution in [0.3, 0.4) is 0 Å². The quantitative estimate of drug-likeness (QED) is 0.871. The molecule has 1 aliphatic rings. The second kappa shape index (κ2) is 8.22. The third-order valence-electron chi connectivity index (χ3n) is 3.63. The molecule has 0 radical (unpaired) electrons. The van der Waals surface area contributed by atoms with Crippen LogP contribution in [0.25, 0.3) is 0 Å². The van der Waals surface area contributed by atoms with E-state index in [-0.39, 0.29) is 24.2 Å². The van der Waals surface area contributed by atoms with Gasteiger partial charge in [0, 0.05) is 26.8 Å². The minimum atomic E-state index is -0.418. The summed E-state index contributed by atoms with van der Waals surface area (Å²) in [5.74, 6) is -0.629. The molecule has 0 unspecified atom stereocenters. The molecule has 0 aromatic heterocycles. The number of carbonyl (C=O) groups excluding carboxylic acids is 1. The number of morpholine rings is 1. The van der Waals surface area contributed by atoms with Gasteiger partial charge in [0.1, 0.15) is 5.82 Å². The van der Waals surface area contributed by atoms with Gasteiger partial charge < -0.3 is 14.8 Å². The van der Waals surface area contributed by atoms with Crippen molar-refractivity contribution in [1.82, 2.24) is 4.90 Å². The van der Waals surface area contributed by atoms with E-state index in [0.717, 1.165) is 12.0 Å². The van der Waals surface area contributed by atoms with Crippen molar-refractivity contribution < 1.29 is 18.7 Å². The smallest absolute Gasteiger partial charge is 0.238 e. The minimum Gasteiger partial charge on any atom is -0.385 e. The van der Waals surface area contributed by atoms with Crippen LogP contribution in [-0.2, 0) is 14.3 Å². The lowest BCUT2D eigenvalue weighted by Gasteiger charge is -2.32. The van der Waals surface area contributed by atoms with Gasteiger partial charge in [0.05, 0.1) is 24.9 Å². The number of hydrogen-bond donors (Lipinski definition) is 1. The summed E-state index contributed by atoms with van der Waals surface area (Å²) in [7, 11) is 1.66. The van der Waals surface area contributed by atoms with Gasteiger partial charge in [-0.1, -0.05) is 6.07 Å². The van der Waals surface area contributed by atoms with Gasteiger partial charge in [0.15, 0.2) is 0 Å². The van der Waals surface area contributed by atoms with Crippen LogP contribution in [0, 0.1) is 12.7 Å². The molecule has 1 fully saturated rings. The molecular weight excluding hydrogens is 287 g/mol. The van der Waals surface area contributed by atoms with Crippen LogP contribution >= 0.6 is 0 Å². The van der Waals surface area contributed by atoms with E-state index in [0.29, 0.717) is 26.3 Å². The van der Waals surface area contributed by atoms with Crippen LogP contribution in [0.4, 0.5) is 10.1 Å². The van der Waals surface area contributed by atoms with Gasteiger partial charge in [0.25, 0.3) is 0 Å². The third kappa shape index (κ3) is 5.05. The van der Waals surface area contributed by atoms with Gasteiger partial charge in [-0.05, 0) is 31.0 Å².